The molecule has 0 saturated heterocycles. The van der Waals surface area contributed by atoms with Crippen molar-refractivity contribution in [2.45, 2.75) is 13.8 Å². The molecule has 0 N–H and O–H groups in total. The molecule has 0 bridgehead atoms. The van der Waals surface area contributed by atoms with E-state index in [1.54, 1.807) is 0 Å². The van der Waals surface area contributed by atoms with Crippen molar-refractivity contribution < 1.29 is 0 Å². The summed E-state index contributed by atoms with van der Waals surface area (Å²) in [5, 5.41) is 8.42. The molecule has 2 heterocycles. The lowest BCUT2D eigenvalue weighted by molar-refractivity contribution is 1.01. The highest BCUT2D eigenvalue weighted by Crippen LogP contribution is 2.41. The van der Waals surface area contributed by atoms with Crippen molar-refractivity contribution in [3.8, 4) is 28.3 Å². The van der Waals surface area contributed by atoms with Crippen LogP contribution in [0, 0.1) is 13.8 Å². The van der Waals surface area contributed by atoms with E-state index in [1.165, 1.54) is 54.6 Å². The maximum Gasteiger partial charge on any atom is 0.235 e. The molecule has 0 radical (unpaired) electrons. The van der Waals surface area contributed by atoms with E-state index in [-0.39, 0.29) is 0 Å². The van der Waals surface area contributed by atoms with Gasteiger partial charge in [0.15, 0.2) is 0 Å². The Kier molecular flexibility index (Phi) is 5.63. The molecule has 3 heteroatoms. The standard InChI is InChI=1S/C42H29N3/c1-26-12-3-6-15-30(26)31-19-11-20-32(27(31)2)41-35-18-9-10-21-36(35)43-42(44-41)45-37-24-22-28-13-4-7-16-33(28)39(37)40-34-17-8-5-14-29(34)23-25-38(40)45/h3-25H,1-2H3. The topological polar surface area (TPSA) is 30.7 Å². The summed E-state index contributed by atoms with van der Waals surface area (Å²) in [5.74, 6) is 0.676. The van der Waals surface area contributed by atoms with Gasteiger partial charge in [0.25, 0.3) is 0 Å². The second kappa shape index (κ2) is 9.87. The lowest BCUT2D eigenvalue weighted by Crippen LogP contribution is -2.04. The predicted octanol–water partition coefficient (Wildman–Crippen LogP) is 11.0. The third-order valence-corrected chi connectivity index (χ3v) is 9.36. The Morgan fingerprint density at radius 1 is 0.444 bits per heavy atom. The number of fused-ring (bicyclic) bond motifs is 8. The van der Waals surface area contributed by atoms with Crippen molar-refractivity contribution in [2.24, 2.45) is 0 Å². The monoisotopic (exact) mass is 575 g/mol. The van der Waals surface area contributed by atoms with Gasteiger partial charge in [-0.2, -0.15) is 0 Å². The molecule has 0 unspecified atom stereocenters. The van der Waals surface area contributed by atoms with Crippen LogP contribution < -0.4 is 0 Å². The van der Waals surface area contributed by atoms with Crippen molar-refractivity contribution >= 4 is 54.3 Å². The van der Waals surface area contributed by atoms with E-state index >= 15 is 0 Å². The van der Waals surface area contributed by atoms with E-state index in [0.717, 1.165) is 33.2 Å². The third kappa shape index (κ3) is 3.84. The van der Waals surface area contributed by atoms with Gasteiger partial charge >= 0.3 is 0 Å². The molecule has 0 atom stereocenters. The fourth-order valence-electron chi connectivity index (χ4n) is 7.19. The fraction of sp³-hybridized carbons (Fsp3) is 0.0476. The Hall–Kier alpha value is -5.80. The molecule has 0 saturated carbocycles. The van der Waals surface area contributed by atoms with Gasteiger partial charge in [-0.1, -0.05) is 121 Å². The Balaban J connectivity index is 1.40. The maximum atomic E-state index is 5.44. The minimum absolute atomic E-state index is 0.676. The molecule has 212 valence electrons. The lowest BCUT2D eigenvalue weighted by Gasteiger charge is -2.16. The Labute approximate surface area is 261 Å². The second-order valence-electron chi connectivity index (χ2n) is 11.9. The predicted molar refractivity (Wildman–Crippen MR) is 189 cm³/mol. The summed E-state index contributed by atoms with van der Waals surface area (Å²) in [4.78, 5) is 10.7. The molecule has 0 amide bonds. The van der Waals surface area contributed by atoms with Gasteiger partial charge in [-0.05, 0) is 75.8 Å². The highest BCUT2D eigenvalue weighted by atomic mass is 15.2. The Bertz CT molecular complexity index is 2530. The maximum absolute atomic E-state index is 5.44. The quantitative estimate of drug-likeness (QED) is 0.210. The van der Waals surface area contributed by atoms with Crippen molar-refractivity contribution in [3.05, 3.63) is 151 Å². The van der Waals surface area contributed by atoms with Gasteiger partial charge in [-0.3, -0.25) is 4.57 Å². The summed E-state index contributed by atoms with van der Waals surface area (Å²) >= 11 is 0. The van der Waals surface area contributed by atoms with Crippen LogP contribution in [0.25, 0.3) is 82.6 Å². The van der Waals surface area contributed by atoms with Crippen molar-refractivity contribution in [1.82, 2.24) is 14.5 Å². The van der Waals surface area contributed by atoms with Crippen LogP contribution in [0.15, 0.2) is 140 Å². The summed E-state index contributed by atoms with van der Waals surface area (Å²) in [6.45, 7) is 4.39. The number of rotatable bonds is 3. The number of aromatic nitrogens is 3. The summed E-state index contributed by atoms with van der Waals surface area (Å²) in [6.07, 6.45) is 0. The highest BCUT2D eigenvalue weighted by Gasteiger charge is 2.21. The molecular formula is C42H29N3. The van der Waals surface area contributed by atoms with Gasteiger partial charge in [0.1, 0.15) is 0 Å². The third-order valence-electron chi connectivity index (χ3n) is 9.36. The van der Waals surface area contributed by atoms with Crippen LogP contribution in [0.1, 0.15) is 11.1 Å². The van der Waals surface area contributed by atoms with E-state index in [4.69, 9.17) is 9.97 Å². The molecule has 2 aromatic heterocycles. The smallest absolute Gasteiger partial charge is 0.235 e. The zero-order valence-corrected chi connectivity index (χ0v) is 25.1. The first kappa shape index (κ1) is 25.7. The highest BCUT2D eigenvalue weighted by molar-refractivity contribution is 6.28. The van der Waals surface area contributed by atoms with Crippen LogP contribution in [-0.4, -0.2) is 14.5 Å². The van der Waals surface area contributed by atoms with E-state index in [2.05, 4.69) is 158 Å². The van der Waals surface area contributed by atoms with Crippen molar-refractivity contribution in [2.75, 3.05) is 0 Å². The summed E-state index contributed by atoms with van der Waals surface area (Å²) in [6, 6.07) is 49.8. The summed E-state index contributed by atoms with van der Waals surface area (Å²) in [7, 11) is 0. The molecule has 0 aliphatic heterocycles. The SMILES string of the molecule is Cc1ccccc1-c1cccc(-c2nc(-n3c4ccc5ccccc5c4c4c5ccccc5ccc43)nc3ccccc23)c1C. The number of benzene rings is 7. The zero-order valence-electron chi connectivity index (χ0n) is 25.1. The summed E-state index contributed by atoms with van der Waals surface area (Å²) in [5.41, 5.74) is 10.1. The molecular weight excluding hydrogens is 546 g/mol. The molecule has 9 rings (SSSR count). The molecule has 0 aliphatic carbocycles. The molecule has 0 spiro atoms. The number of nitrogens with zero attached hydrogens (tertiary/aromatic N) is 3. The van der Waals surface area contributed by atoms with Crippen molar-refractivity contribution in [1.29, 1.82) is 0 Å². The van der Waals surface area contributed by atoms with Gasteiger partial charge in [-0.25, -0.2) is 9.97 Å². The van der Waals surface area contributed by atoms with E-state index in [0.29, 0.717) is 5.95 Å². The first-order chi connectivity index (χ1) is 22.2. The average Bonchev–Trinajstić information content (AvgIpc) is 3.44. The second-order valence-corrected chi connectivity index (χ2v) is 11.9. The van der Waals surface area contributed by atoms with E-state index < -0.39 is 0 Å². The zero-order chi connectivity index (χ0) is 30.1. The van der Waals surface area contributed by atoms with Gasteiger partial charge in [-0.15, -0.1) is 0 Å². The first-order valence-electron chi connectivity index (χ1n) is 15.4. The van der Waals surface area contributed by atoms with Crippen LogP contribution in [0.2, 0.25) is 0 Å². The van der Waals surface area contributed by atoms with Crippen LogP contribution >= 0.6 is 0 Å². The minimum Gasteiger partial charge on any atom is -0.278 e. The molecule has 0 fully saturated rings. The fourth-order valence-corrected chi connectivity index (χ4v) is 7.19. The van der Waals surface area contributed by atoms with E-state index in [1.807, 2.05) is 0 Å². The largest absolute Gasteiger partial charge is 0.278 e. The van der Waals surface area contributed by atoms with Gasteiger partial charge < -0.3 is 0 Å². The van der Waals surface area contributed by atoms with Crippen LogP contribution in [0.5, 0.6) is 0 Å². The van der Waals surface area contributed by atoms with Crippen LogP contribution in [-0.2, 0) is 0 Å². The molecule has 9 aromatic rings. The minimum atomic E-state index is 0.676. The van der Waals surface area contributed by atoms with Crippen molar-refractivity contribution in [3.63, 3.8) is 0 Å². The summed E-state index contributed by atoms with van der Waals surface area (Å²) < 4.78 is 2.26. The Morgan fingerprint density at radius 2 is 1.00 bits per heavy atom. The molecule has 7 aromatic carbocycles. The number of hydrogen-bond acceptors (Lipinski definition) is 2. The molecule has 0 aliphatic rings. The number of aryl methyl sites for hydroxylation is 1. The van der Waals surface area contributed by atoms with Crippen LogP contribution in [0.4, 0.5) is 0 Å². The van der Waals surface area contributed by atoms with Gasteiger partial charge in [0.05, 0.1) is 22.2 Å². The van der Waals surface area contributed by atoms with Gasteiger partial charge in [0.2, 0.25) is 5.95 Å². The van der Waals surface area contributed by atoms with Gasteiger partial charge in [0, 0.05) is 21.7 Å². The number of para-hydroxylation sites is 1. The average molecular weight is 576 g/mol. The normalized spacial score (nSPS) is 11.8. The first-order valence-corrected chi connectivity index (χ1v) is 15.4. The van der Waals surface area contributed by atoms with Crippen LogP contribution in [0.3, 0.4) is 0 Å². The molecule has 45 heavy (non-hydrogen) atoms. The number of hydrogen-bond donors (Lipinski definition) is 0. The van der Waals surface area contributed by atoms with E-state index in [9.17, 15) is 0 Å². The molecule has 3 nitrogen and oxygen atoms in total. The Morgan fingerprint density at radius 3 is 1.69 bits per heavy atom. The lowest BCUT2D eigenvalue weighted by atomic mass is 9.91.